The number of aliphatic hydroxyl groups is 1. The molecule has 1 atom stereocenters. The lowest BCUT2D eigenvalue weighted by molar-refractivity contribution is 0.0388. The van der Waals surface area contributed by atoms with Gasteiger partial charge < -0.3 is 10.4 Å². The third-order valence-corrected chi connectivity index (χ3v) is 2.79. The molecule has 0 aliphatic carbocycles. The lowest BCUT2D eigenvalue weighted by Crippen LogP contribution is -2.40. The van der Waals surface area contributed by atoms with Crippen molar-refractivity contribution in [1.29, 1.82) is 0 Å². The molecule has 2 N–H and O–H groups in total. The van der Waals surface area contributed by atoms with E-state index in [9.17, 15) is 5.11 Å². The van der Waals surface area contributed by atoms with Gasteiger partial charge in [0.15, 0.2) is 0 Å². The summed E-state index contributed by atoms with van der Waals surface area (Å²) in [6.07, 6.45) is 2.07. The topological polar surface area (TPSA) is 35.5 Å². The zero-order valence-electron chi connectivity index (χ0n) is 9.71. The van der Waals surface area contributed by atoms with Gasteiger partial charge in [-0.1, -0.05) is 0 Å². The van der Waals surface area contributed by atoms with Crippen molar-refractivity contribution in [3.63, 3.8) is 0 Å². The molecule has 3 nitrogen and oxygen atoms in total. The van der Waals surface area contributed by atoms with Crippen molar-refractivity contribution in [3.8, 4) is 0 Å². The summed E-state index contributed by atoms with van der Waals surface area (Å²) in [4.78, 5) is 2.47. The minimum atomic E-state index is -0.543. The third kappa shape index (κ3) is 4.40. The molecular weight excluding hydrogens is 176 g/mol. The Labute approximate surface area is 87.5 Å². The molecule has 0 aromatic heterocycles. The molecule has 1 aliphatic heterocycles. The van der Waals surface area contributed by atoms with Gasteiger partial charge >= 0.3 is 0 Å². The number of hydrogen-bond acceptors (Lipinski definition) is 3. The van der Waals surface area contributed by atoms with Crippen molar-refractivity contribution in [2.24, 2.45) is 0 Å². The lowest BCUT2D eigenvalue weighted by atomic mass is 9.99. The zero-order chi connectivity index (χ0) is 10.6. The van der Waals surface area contributed by atoms with Crippen molar-refractivity contribution < 1.29 is 5.11 Å². The molecule has 1 heterocycles. The average Bonchev–Trinajstić information content (AvgIpc) is 2.27. The van der Waals surface area contributed by atoms with E-state index in [0.29, 0.717) is 6.04 Å². The van der Waals surface area contributed by atoms with Gasteiger partial charge in [-0.25, -0.2) is 0 Å². The molecule has 1 rings (SSSR count). The monoisotopic (exact) mass is 200 g/mol. The van der Waals surface area contributed by atoms with E-state index in [4.69, 9.17) is 0 Å². The van der Waals surface area contributed by atoms with Crippen LogP contribution in [0, 0.1) is 0 Å². The summed E-state index contributed by atoms with van der Waals surface area (Å²) in [6.45, 7) is 10.5. The van der Waals surface area contributed by atoms with E-state index in [0.717, 1.165) is 32.6 Å². The number of hydrogen-bond donors (Lipinski definition) is 2. The van der Waals surface area contributed by atoms with Gasteiger partial charge in [-0.3, -0.25) is 4.90 Å². The normalized spacial score (nSPS) is 23.1. The van der Waals surface area contributed by atoms with Crippen LogP contribution in [0.5, 0.6) is 0 Å². The van der Waals surface area contributed by atoms with Crippen molar-refractivity contribution in [1.82, 2.24) is 10.2 Å². The highest BCUT2D eigenvalue weighted by Crippen LogP contribution is 2.15. The van der Waals surface area contributed by atoms with Gasteiger partial charge in [0.2, 0.25) is 0 Å². The Kier molecular flexibility index (Phi) is 4.35. The summed E-state index contributed by atoms with van der Waals surface area (Å²) in [5, 5.41) is 13.1. The summed E-state index contributed by atoms with van der Waals surface area (Å²) < 4.78 is 0. The molecular formula is C11H24N2O. The molecule has 0 aromatic carbocycles. The van der Waals surface area contributed by atoms with Crippen molar-refractivity contribution in [3.05, 3.63) is 0 Å². The van der Waals surface area contributed by atoms with Crippen LogP contribution in [0.3, 0.4) is 0 Å². The average molecular weight is 200 g/mol. The van der Waals surface area contributed by atoms with Gasteiger partial charge in [0.25, 0.3) is 0 Å². The first-order valence-electron chi connectivity index (χ1n) is 5.66. The quantitative estimate of drug-likeness (QED) is 0.708. The fourth-order valence-electron chi connectivity index (χ4n) is 2.16. The molecule has 84 valence electrons. The van der Waals surface area contributed by atoms with Crippen LogP contribution in [0.15, 0.2) is 0 Å². The first kappa shape index (κ1) is 12.0. The Morgan fingerprint density at radius 1 is 1.36 bits per heavy atom. The maximum absolute atomic E-state index is 9.75. The predicted octanol–water partition coefficient (Wildman–Crippen LogP) is 0.831. The summed E-state index contributed by atoms with van der Waals surface area (Å²) in [7, 11) is 0. The molecule has 0 saturated carbocycles. The summed E-state index contributed by atoms with van der Waals surface area (Å²) in [5.41, 5.74) is -0.543. The molecule has 0 amide bonds. The van der Waals surface area contributed by atoms with E-state index in [2.05, 4.69) is 17.1 Å². The Morgan fingerprint density at radius 3 is 2.71 bits per heavy atom. The molecule has 1 fully saturated rings. The van der Waals surface area contributed by atoms with Crippen LogP contribution in [-0.2, 0) is 0 Å². The Bertz CT molecular complexity index is 157. The molecule has 3 heteroatoms. The Balaban J connectivity index is 2.37. The molecule has 0 aromatic rings. The molecule has 1 aliphatic rings. The zero-order valence-corrected chi connectivity index (χ0v) is 9.71. The standard InChI is InChI=1S/C11H24N2O/c1-10(9-11(2,3)14)13-7-4-5-12-6-8-13/h10,12,14H,4-9H2,1-3H3. The van der Waals surface area contributed by atoms with Gasteiger partial charge in [0.1, 0.15) is 0 Å². The first-order valence-corrected chi connectivity index (χ1v) is 5.66. The molecule has 0 spiro atoms. The van der Waals surface area contributed by atoms with E-state index in [-0.39, 0.29) is 0 Å². The number of nitrogens with zero attached hydrogens (tertiary/aromatic N) is 1. The van der Waals surface area contributed by atoms with Crippen LogP contribution in [0.25, 0.3) is 0 Å². The third-order valence-electron chi connectivity index (χ3n) is 2.79. The second kappa shape index (κ2) is 5.10. The molecule has 0 radical (unpaired) electrons. The lowest BCUT2D eigenvalue weighted by Gasteiger charge is -2.31. The highest BCUT2D eigenvalue weighted by atomic mass is 16.3. The van der Waals surface area contributed by atoms with E-state index >= 15 is 0 Å². The Hall–Kier alpha value is -0.120. The van der Waals surface area contributed by atoms with Crippen LogP contribution >= 0.6 is 0 Å². The molecule has 1 unspecified atom stereocenters. The molecule has 0 bridgehead atoms. The second-order valence-electron chi connectivity index (χ2n) is 5.01. The van der Waals surface area contributed by atoms with E-state index in [1.165, 1.54) is 6.42 Å². The van der Waals surface area contributed by atoms with Gasteiger partial charge in [0.05, 0.1) is 5.60 Å². The minimum Gasteiger partial charge on any atom is -0.390 e. The SMILES string of the molecule is CC(CC(C)(C)O)N1CCCNCC1. The smallest absolute Gasteiger partial charge is 0.0606 e. The largest absolute Gasteiger partial charge is 0.390 e. The van der Waals surface area contributed by atoms with Crippen LogP contribution in [0.2, 0.25) is 0 Å². The highest BCUT2D eigenvalue weighted by Gasteiger charge is 2.22. The second-order valence-corrected chi connectivity index (χ2v) is 5.01. The summed E-state index contributed by atoms with van der Waals surface area (Å²) in [6, 6.07) is 0.481. The highest BCUT2D eigenvalue weighted by molar-refractivity contribution is 4.78. The molecule has 1 saturated heterocycles. The van der Waals surface area contributed by atoms with Gasteiger partial charge in [-0.15, -0.1) is 0 Å². The van der Waals surface area contributed by atoms with Gasteiger partial charge in [-0.05, 0) is 46.7 Å². The van der Waals surface area contributed by atoms with Crippen molar-refractivity contribution in [2.75, 3.05) is 26.2 Å². The van der Waals surface area contributed by atoms with E-state index in [1.54, 1.807) is 0 Å². The van der Waals surface area contributed by atoms with Crippen LogP contribution in [0.4, 0.5) is 0 Å². The molecule has 14 heavy (non-hydrogen) atoms. The first-order chi connectivity index (χ1) is 6.49. The van der Waals surface area contributed by atoms with Crippen LogP contribution < -0.4 is 5.32 Å². The van der Waals surface area contributed by atoms with Gasteiger partial charge in [0, 0.05) is 19.1 Å². The Morgan fingerprint density at radius 2 is 2.07 bits per heavy atom. The van der Waals surface area contributed by atoms with E-state index < -0.39 is 5.60 Å². The predicted molar refractivity (Wildman–Crippen MR) is 59.4 cm³/mol. The van der Waals surface area contributed by atoms with Crippen molar-refractivity contribution >= 4 is 0 Å². The maximum Gasteiger partial charge on any atom is 0.0606 e. The summed E-state index contributed by atoms with van der Waals surface area (Å²) in [5.74, 6) is 0. The van der Waals surface area contributed by atoms with E-state index in [1.807, 2.05) is 13.8 Å². The maximum atomic E-state index is 9.75. The minimum absolute atomic E-state index is 0.481. The van der Waals surface area contributed by atoms with Crippen molar-refractivity contribution in [2.45, 2.75) is 45.3 Å². The fourth-order valence-corrected chi connectivity index (χ4v) is 2.16. The summed E-state index contributed by atoms with van der Waals surface area (Å²) >= 11 is 0. The van der Waals surface area contributed by atoms with Gasteiger partial charge in [-0.2, -0.15) is 0 Å². The number of rotatable bonds is 3. The van der Waals surface area contributed by atoms with Crippen LogP contribution in [0.1, 0.15) is 33.6 Å². The van der Waals surface area contributed by atoms with Crippen LogP contribution in [-0.4, -0.2) is 47.8 Å². The fraction of sp³-hybridized carbons (Fsp3) is 1.00. The number of nitrogens with one attached hydrogen (secondary N) is 1.